The molecule has 2 aliphatic rings. The summed E-state index contributed by atoms with van der Waals surface area (Å²) >= 11 is 0. The highest BCUT2D eigenvalue weighted by atomic mass is 19.1. The van der Waals surface area contributed by atoms with Gasteiger partial charge in [-0.15, -0.1) is 0 Å². The van der Waals surface area contributed by atoms with Crippen LogP contribution in [-0.4, -0.2) is 100 Å². The summed E-state index contributed by atoms with van der Waals surface area (Å²) in [4.78, 5) is 20.1. The molecular weight excluding hydrogens is 518 g/mol. The lowest BCUT2D eigenvalue weighted by molar-refractivity contribution is 0.0332. The average molecular weight is 551 g/mol. The fraction of sp³-hybridized carbons (Fsp3) is 0.393. The summed E-state index contributed by atoms with van der Waals surface area (Å²) < 4.78 is 37.1. The number of ether oxygens (including phenoxy) is 1. The predicted molar refractivity (Wildman–Crippen MR) is 148 cm³/mol. The minimum atomic E-state index is -0.586. The zero-order valence-electron chi connectivity index (χ0n) is 22.1. The van der Waals surface area contributed by atoms with Gasteiger partial charge in [-0.2, -0.15) is 4.98 Å². The van der Waals surface area contributed by atoms with E-state index in [2.05, 4.69) is 30.1 Å². The van der Waals surface area contributed by atoms with Crippen molar-refractivity contribution in [2.24, 2.45) is 0 Å². The number of nitrogens with zero attached hydrogens (tertiary/aromatic N) is 7. The summed E-state index contributed by atoms with van der Waals surface area (Å²) in [6.45, 7) is 6.99. The summed E-state index contributed by atoms with van der Waals surface area (Å²) in [5, 5.41) is 13.1. The first-order chi connectivity index (χ1) is 19.6. The van der Waals surface area contributed by atoms with Crippen molar-refractivity contribution in [3.63, 3.8) is 0 Å². The van der Waals surface area contributed by atoms with Crippen LogP contribution in [0.4, 0.5) is 26.2 Å². The number of rotatable bonds is 8. The molecule has 2 saturated heterocycles. The molecule has 0 aliphatic carbocycles. The molecule has 2 fully saturated rings. The summed E-state index contributed by atoms with van der Waals surface area (Å²) in [6, 6.07) is 8.38. The SMILES string of the molecule is OCCN1CCN(c2ccc(Nc3ncc4ccn(-c5cc(F)c(CN6CCOCC6)c(F)c5)c4n3)cn2)CC1. The molecule has 3 aromatic heterocycles. The summed E-state index contributed by atoms with van der Waals surface area (Å²) in [5.41, 5.74) is 1.67. The number of piperazine rings is 1. The zero-order valence-corrected chi connectivity index (χ0v) is 22.1. The summed E-state index contributed by atoms with van der Waals surface area (Å²) in [6.07, 6.45) is 5.14. The Kier molecular flexibility index (Phi) is 7.82. The van der Waals surface area contributed by atoms with Crippen molar-refractivity contribution in [3.05, 3.63) is 66.1 Å². The third kappa shape index (κ3) is 5.75. The molecule has 4 aromatic rings. The fourth-order valence-electron chi connectivity index (χ4n) is 5.17. The largest absolute Gasteiger partial charge is 0.395 e. The van der Waals surface area contributed by atoms with Crippen LogP contribution < -0.4 is 10.2 Å². The van der Waals surface area contributed by atoms with Crippen LogP contribution in [0.1, 0.15) is 5.56 Å². The maximum atomic E-state index is 15.1. The van der Waals surface area contributed by atoms with Gasteiger partial charge in [0, 0.05) is 75.7 Å². The molecule has 2 aliphatic heterocycles. The van der Waals surface area contributed by atoms with E-state index in [4.69, 9.17) is 9.84 Å². The van der Waals surface area contributed by atoms with E-state index in [0.717, 1.165) is 43.1 Å². The molecule has 6 rings (SSSR count). The molecular formula is C28H32F2N8O2. The van der Waals surface area contributed by atoms with Gasteiger partial charge in [0.2, 0.25) is 5.95 Å². The first-order valence-electron chi connectivity index (χ1n) is 13.5. The molecule has 0 unspecified atom stereocenters. The number of aliphatic hydroxyl groups is 1. The van der Waals surface area contributed by atoms with Gasteiger partial charge in [0.1, 0.15) is 23.1 Å². The number of aromatic nitrogens is 4. The van der Waals surface area contributed by atoms with E-state index in [9.17, 15) is 0 Å². The van der Waals surface area contributed by atoms with Crippen molar-refractivity contribution >= 4 is 28.5 Å². The van der Waals surface area contributed by atoms with Crippen molar-refractivity contribution in [3.8, 4) is 5.69 Å². The number of aliphatic hydroxyl groups excluding tert-OH is 1. The van der Waals surface area contributed by atoms with Gasteiger partial charge in [-0.1, -0.05) is 0 Å². The summed E-state index contributed by atoms with van der Waals surface area (Å²) in [5.74, 6) is 0.0681. The van der Waals surface area contributed by atoms with E-state index in [1.165, 1.54) is 12.1 Å². The molecule has 0 spiro atoms. The lowest BCUT2D eigenvalue weighted by Gasteiger charge is -2.35. The quantitative estimate of drug-likeness (QED) is 0.344. The monoisotopic (exact) mass is 550 g/mol. The van der Waals surface area contributed by atoms with Crippen LogP contribution in [0.25, 0.3) is 16.7 Å². The first-order valence-corrected chi connectivity index (χ1v) is 13.5. The lowest BCUT2D eigenvalue weighted by Crippen LogP contribution is -2.47. The molecule has 0 saturated carbocycles. The Morgan fingerprint density at radius 2 is 1.68 bits per heavy atom. The minimum Gasteiger partial charge on any atom is -0.395 e. The number of hydrogen-bond donors (Lipinski definition) is 2. The van der Waals surface area contributed by atoms with E-state index >= 15 is 8.78 Å². The van der Waals surface area contributed by atoms with Gasteiger partial charge in [-0.25, -0.2) is 18.7 Å². The van der Waals surface area contributed by atoms with Gasteiger partial charge in [-0.05, 0) is 30.3 Å². The van der Waals surface area contributed by atoms with E-state index in [0.29, 0.717) is 50.1 Å². The Morgan fingerprint density at radius 1 is 0.900 bits per heavy atom. The summed E-state index contributed by atoms with van der Waals surface area (Å²) in [7, 11) is 0. The van der Waals surface area contributed by atoms with Gasteiger partial charge in [0.05, 0.1) is 37.4 Å². The molecule has 0 amide bonds. The molecule has 210 valence electrons. The minimum absolute atomic E-state index is 0.0575. The second kappa shape index (κ2) is 11.8. The smallest absolute Gasteiger partial charge is 0.229 e. The molecule has 40 heavy (non-hydrogen) atoms. The molecule has 0 bridgehead atoms. The number of hydrogen-bond acceptors (Lipinski definition) is 9. The first kappa shape index (κ1) is 26.5. The lowest BCUT2D eigenvalue weighted by atomic mass is 10.1. The van der Waals surface area contributed by atoms with Crippen LogP contribution in [0.2, 0.25) is 0 Å². The molecule has 2 N–H and O–H groups in total. The number of pyridine rings is 1. The van der Waals surface area contributed by atoms with Gasteiger partial charge in [0.25, 0.3) is 0 Å². The molecule has 10 nitrogen and oxygen atoms in total. The van der Waals surface area contributed by atoms with Crippen molar-refractivity contribution in [2.75, 3.05) is 75.9 Å². The molecule has 0 atom stereocenters. The standard InChI is InChI=1S/C28H32F2N8O2/c29-24-15-22(16-25(30)23(24)19-36-10-13-40-14-11-36)38-4-3-20-17-32-28(34-27(20)38)33-21-1-2-26(31-18-21)37-7-5-35(6-8-37)9-12-39/h1-4,15-18,39H,5-14,19H2,(H,32,33,34). The van der Waals surface area contributed by atoms with Crippen LogP contribution in [-0.2, 0) is 11.3 Å². The number of fused-ring (bicyclic) bond motifs is 1. The third-order valence-corrected chi connectivity index (χ3v) is 7.43. The fourth-order valence-corrected chi connectivity index (χ4v) is 5.17. The van der Waals surface area contributed by atoms with Crippen LogP contribution in [0.5, 0.6) is 0 Å². The maximum Gasteiger partial charge on any atom is 0.229 e. The van der Waals surface area contributed by atoms with Crippen molar-refractivity contribution in [1.29, 1.82) is 0 Å². The van der Waals surface area contributed by atoms with Gasteiger partial charge in [0.15, 0.2) is 0 Å². The Balaban J connectivity index is 1.17. The van der Waals surface area contributed by atoms with Crippen molar-refractivity contribution in [2.45, 2.75) is 6.54 Å². The number of benzene rings is 1. The molecule has 1 aromatic carbocycles. The average Bonchev–Trinajstić information content (AvgIpc) is 3.40. The van der Waals surface area contributed by atoms with Gasteiger partial charge >= 0.3 is 0 Å². The Labute approximate surface area is 230 Å². The highest BCUT2D eigenvalue weighted by molar-refractivity contribution is 5.78. The third-order valence-electron chi connectivity index (χ3n) is 7.43. The van der Waals surface area contributed by atoms with E-state index in [1.54, 1.807) is 23.2 Å². The normalized spacial score (nSPS) is 17.0. The zero-order chi connectivity index (χ0) is 27.5. The second-order valence-corrected chi connectivity index (χ2v) is 10.0. The van der Waals surface area contributed by atoms with E-state index < -0.39 is 11.6 Å². The van der Waals surface area contributed by atoms with Crippen LogP contribution in [0.3, 0.4) is 0 Å². The van der Waals surface area contributed by atoms with Gasteiger partial charge in [-0.3, -0.25) is 9.80 Å². The Morgan fingerprint density at radius 3 is 2.38 bits per heavy atom. The number of nitrogens with one attached hydrogen (secondary N) is 1. The molecule has 5 heterocycles. The Bertz CT molecular complexity index is 1430. The number of morpholine rings is 1. The van der Waals surface area contributed by atoms with E-state index in [1.807, 2.05) is 23.1 Å². The number of anilines is 3. The highest BCUT2D eigenvalue weighted by Crippen LogP contribution is 2.25. The number of halogens is 2. The van der Waals surface area contributed by atoms with Crippen LogP contribution in [0, 0.1) is 11.6 Å². The number of β-amino-alcohol motifs (C(OH)–C–C–N with tert-alkyl or cyclic N) is 1. The van der Waals surface area contributed by atoms with Crippen molar-refractivity contribution in [1.82, 2.24) is 29.3 Å². The Hall–Kier alpha value is -3.71. The maximum absolute atomic E-state index is 15.1. The van der Waals surface area contributed by atoms with Crippen molar-refractivity contribution < 1.29 is 18.6 Å². The highest BCUT2D eigenvalue weighted by Gasteiger charge is 2.20. The second-order valence-electron chi connectivity index (χ2n) is 10.0. The van der Waals surface area contributed by atoms with Gasteiger partial charge < -0.3 is 24.6 Å². The molecule has 12 heteroatoms. The predicted octanol–water partition coefficient (Wildman–Crippen LogP) is 2.78. The van der Waals surface area contributed by atoms with Crippen LogP contribution in [0.15, 0.2) is 48.9 Å². The van der Waals surface area contributed by atoms with E-state index in [-0.39, 0.29) is 18.7 Å². The molecule has 0 radical (unpaired) electrons. The topological polar surface area (TPSA) is 94.8 Å². The van der Waals surface area contributed by atoms with Crippen LogP contribution >= 0.6 is 0 Å².